The van der Waals surface area contributed by atoms with Gasteiger partial charge in [-0.1, -0.05) is 35.9 Å². The van der Waals surface area contributed by atoms with Gasteiger partial charge >= 0.3 is 0 Å². The molecule has 1 N–H and O–H groups in total. The highest BCUT2D eigenvalue weighted by Gasteiger charge is 2.27. The van der Waals surface area contributed by atoms with Gasteiger partial charge in [-0.3, -0.25) is 0 Å². The molecule has 0 spiro atoms. The van der Waals surface area contributed by atoms with Gasteiger partial charge in [0.2, 0.25) is 12.3 Å². The number of aromatic nitrogens is 2. The maximum absolute atomic E-state index is 6.34. The molecule has 1 aromatic carbocycles. The molecule has 0 bridgehead atoms. The summed E-state index contributed by atoms with van der Waals surface area (Å²) in [6.07, 6.45) is 3.46. The number of hydrogen-bond acceptors (Lipinski definition) is 4. The maximum Gasteiger partial charge on any atom is 0.246 e. The molecule has 0 radical (unpaired) electrons. The smallest absolute Gasteiger partial charge is 0.246 e. The minimum absolute atomic E-state index is 0.00500. The number of hydrogen-bond donors (Lipinski definition) is 1. The van der Waals surface area contributed by atoms with Gasteiger partial charge in [0.25, 0.3) is 0 Å². The quantitative estimate of drug-likeness (QED) is 0.914. The zero-order chi connectivity index (χ0) is 14.1. The normalized spacial score (nSPS) is 18.8. The molecule has 5 heteroatoms. The van der Waals surface area contributed by atoms with Gasteiger partial charge in [0.15, 0.2) is 0 Å². The molecule has 2 heterocycles. The lowest BCUT2D eigenvalue weighted by atomic mass is 9.87. The number of nitrogens with zero attached hydrogens (tertiary/aromatic N) is 2. The van der Waals surface area contributed by atoms with E-state index in [1.165, 1.54) is 6.39 Å². The number of halogens is 1. The predicted molar refractivity (Wildman–Crippen MR) is 78.0 cm³/mol. The molecule has 0 saturated heterocycles. The molecule has 102 valence electrons. The first kappa shape index (κ1) is 12.9. The lowest BCUT2D eigenvalue weighted by Crippen LogP contribution is -2.19. The molecule has 1 aromatic heterocycles. The number of dihydropyridines is 1. The van der Waals surface area contributed by atoms with E-state index in [4.69, 9.17) is 16.0 Å². The van der Waals surface area contributed by atoms with Crippen LogP contribution in [0.3, 0.4) is 0 Å². The molecular formula is C15H14ClN3O. The fourth-order valence-corrected chi connectivity index (χ4v) is 2.78. The van der Waals surface area contributed by atoms with Crippen molar-refractivity contribution in [2.45, 2.75) is 19.8 Å². The standard InChI is InChI=1S/C15H14ClN3O/c1-9-7-12(11-5-3-4-6-13(11)16)14(10(2)18-9)15-19-17-8-20-15/h3-8,12,18H,1-2H3. The number of allylic oxidation sites excluding steroid dienone is 4. The van der Waals surface area contributed by atoms with Crippen LogP contribution in [0.15, 0.2) is 52.5 Å². The van der Waals surface area contributed by atoms with E-state index in [2.05, 4.69) is 21.6 Å². The average molecular weight is 288 g/mol. The zero-order valence-electron chi connectivity index (χ0n) is 11.2. The van der Waals surface area contributed by atoms with Crippen LogP contribution in [0.2, 0.25) is 5.02 Å². The maximum atomic E-state index is 6.34. The molecular weight excluding hydrogens is 274 g/mol. The van der Waals surface area contributed by atoms with Gasteiger partial charge in [0.05, 0.1) is 0 Å². The molecule has 4 nitrogen and oxygen atoms in total. The molecule has 1 aliphatic heterocycles. The molecule has 0 amide bonds. The molecule has 0 saturated carbocycles. The van der Waals surface area contributed by atoms with Crippen LogP contribution in [0, 0.1) is 0 Å². The summed E-state index contributed by atoms with van der Waals surface area (Å²) in [5, 5.41) is 11.8. The van der Waals surface area contributed by atoms with Gasteiger partial charge in [-0.25, -0.2) is 0 Å². The van der Waals surface area contributed by atoms with Crippen molar-refractivity contribution >= 4 is 17.2 Å². The van der Waals surface area contributed by atoms with Gasteiger partial charge in [-0.05, 0) is 25.5 Å². The van der Waals surface area contributed by atoms with E-state index in [-0.39, 0.29) is 5.92 Å². The Bertz CT molecular complexity index is 689. The second-order valence-corrected chi connectivity index (χ2v) is 5.16. The van der Waals surface area contributed by atoms with Crippen LogP contribution in [-0.2, 0) is 0 Å². The van der Waals surface area contributed by atoms with Crippen molar-refractivity contribution in [3.8, 4) is 0 Å². The highest BCUT2D eigenvalue weighted by molar-refractivity contribution is 6.31. The summed E-state index contributed by atoms with van der Waals surface area (Å²) in [5.41, 5.74) is 4.07. The van der Waals surface area contributed by atoms with E-state index in [0.29, 0.717) is 5.89 Å². The molecule has 1 atom stereocenters. The lowest BCUT2D eigenvalue weighted by molar-refractivity contribution is 0.532. The zero-order valence-corrected chi connectivity index (χ0v) is 12.0. The second-order valence-electron chi connectivity index (χ2n) is 4.76. The summed E-state index contributed by atoms with van der Waals surface area (Å²) in [4.78, 5) is 0. The Morgan fingerprint density at radius 2 is 2.05 bits per heavy atom. The highest BCUT2D eigenvalue weighted by Crippen LogP contribution is 2.40. The first-order valence-electron chi connectivity index (χ1n) is 6.34. The third kappa shape index (κ3) is 2.23. The Hall–Kier alpha value is -2.07. The van der Waals surface area contributed by atoms with Crippen molar-refractivity contribution < 1.29 is 4.42 Å². The minimum atomic E-state index is 0.00500. The van der Waals surface area contributed by atoms with E-state index in [0.717, 1.165) is 27.6 Å². The van der Waals surface area contributed by atoms with Gasteiger partial charge in [0, 0.05) is 27.9 Å². The molecule has 3 rings (SSSR count). The van der Waals surface area contributed by atoms with Gasteiger partial charge in [-0.2, -0.15) is 0 Å². The van der Waals surface area contributed by atoms with Crippen molar-refractivity contribution in [1.82, 2.24) is 15.5 Å². The topological polar surface area (TPSA) is 51.0 Å². The van der Waals surface area contributed by atoms with Crippen molar-refractivity contribution in [3.05, 3.63) is 64.6 Å². The number of nitrogens with one attached hydrogen (secondary N) is 1. The second kappa shape index (κ2) is 5.13. The van der Waals surface area contributed by atoms with Crippen LogP contribution in [0.1, 0.15) is 31.2 Å². The molecule has 0 aliphatic carbocycles. The van der Waals surface area contributed by atoms with Crippen molar-refractivity contribution in [2.24, 2.45) is 0 Å². The van der Waals surface area contributed by atoms with Gasteiger partial charge in [0.1, 0.15) is 0 Å². The van der Waals surface area contributed by atoms with E-state index >= 15 is 0 Å². The molecule has 2 aromatic rings. The minimum Gasteiger partial charge on any atom is -0.424 e. The van der Waals surface area contributed by atoms with E-state index < -0.39 is 0 Å². The van der Waals surface area contributed by atoms with Crippen molar-refractivity contribution in [3.63, 3.8) is 0 Å². The molecule has 1 aliphatic rings. The van der Waals surface area contributed by atoms with Crippen LogP contribution in [0.25, 0.3) is 5.57 Å². The van der Waals surface area contributed by atoms with Gasteiger partial charge < -0.3 is 9.73 Å². The number of rotatable bonds is 2. The van der Waals surface area contributed by atoms with E-state index in [9.17, 15) is 0 Å². The summed E-state index contributed by atoms with van der Waals surface area (Å²) in [6, 6.07) is 7.81. The first-order valence-corrected chi connectivity index (χ1v) is 6.72. The third-order valence-corrected chi connectivity index (χ3v) is 3.69. The summed E-state index contributed by atoms with van der Waals surface area (Å²) in [7, 11) is 0. The molecule has 20 heavy (non-hydrogen) atoms. The number of benzene rings is 1. The predicted octanol–water partition coefficient (Wildman–Crippen LogP) is 3.74. The SMILES string of the molecule is CC1=CC(c2ccccc2Cl)C(c2nnco2)=C(C)N1. The summed E-state index contributed by atoms with van der Waals surface area (Å²) >= 11 is 6.34. The van der Waals surface area contributed by atoms with Crippen molar-refractivity contribution in [1.29, 1.82) is 0 Å². The Kier molecular flexibility index (Phi) is 3.32. The largest absolute Gasteiger partial charge is 0.424 e. The van der Waals surface area contributed by atoms with E-state index in [1.807, 2.05) is 38.1 Å². The average Bonchev–Trinajstić information content (AvgIpc) is 2.92. The van der Waals surface area contributed by atoms with Crippen LogP contribution in [-0.4, -0.2) is 10.2 Å². The summed E-state index contributed by atoms with van der Waals surface area (Å²) in [6.45, 7) is 4.03. The Balaban J connectivity index is 2.15. The monoisotopic (exact) mass is 287 g/mol. The lowest BCUT2D eigenvalue weighted by Gasteiger charge is -2.25. The van der Waals surface area contributed by atoms with Crippen LogP contribution in [0.4, 0.5) is 0 Å². The Morgan fingerprint density at radius 3 is 2.75 bits per heavy atom. The molecule has 1 unspecified atom stereocenters. The van der Waals surface area contributed by atoms with Crippen LogP contribution < -0.4 is 5.32 Å². The van der Waals surface area contributed by atoms with Gasteiger partial charge in [-0.15, -0.1) is 10.2 Å². The Labute approximate surface area is 122 Å². The van der Waals surface area contributed by atoms with Crippen LogP contribution in [0.5, 0.6) is 0 Å². The fraction of sp³-hybridized carbons (Fsp3) is 0.200. The summed E-state index contributed by atoms with van der Waals surface area (Å²) in [5.74, 6) is 0.522. The Morgan fingerprint density at radius 1 is 1.25 bits per heavy atom. The first-order chi connectivity index (χ1) is 9.66. The van der Waals surface area contributed by atoms with E-state index in [1.54, 1.807) is 0 Å². The third-order valence-electron chi connectivity index (χ3n) is 3.35. The fourth-order valence-electron chi connectivity index (χ4n) is 2.53. The highest BCUT2D eigenvalue weighted by atomic mass is 35.5. The molecule has 0 fully saturated rings. The van der Waals surface area contributed by atoms with Crippen LogP contribution >= 0.6 is 11.6 Å². The summed E-state index contributed by atoms with van der Waals surface area (Å²) < 4.78 is 5.38. The van der Waals surface area contributed by atoms with Crippen molar-refractivity contribution in [2.75, 3.05) is 0 Å².